The lowest BCUT2D eigenvalue weighted by atomic mass is 10.1. The van der Waals surface area contributed by atoms with Gasteiger partial charge in [0.1, 0.15) is 18.4 Å². The molecule has 2 atom stereocenters. The number of hydrogen-bond acceptors (Lipinski definition) is 5. The van der Waals surface area contributed by atoms with Gasteiger partial charge < -0.3 is 20.1 Å². The maximum atomic E-state index is 11.8. The molecule has 0 unspecified atom stereocenters. The molecular formula is C22H22Cl2N2O4S2. The Balaban J connectivity index is 1.60. The molecule has 0 aromatic heterocycles. The molecule has 32 heavy (non-hydrogen) atoms. The molecule has 6 nitrogen and oxygen atoms in total. The highest BCUT2D eigenvalue weighted by Crippen LogP contribution is 2.26. The second-order valence-corrected chi connectivity index (χ2v) is 9.49. The zero-order valence-corrected chi connectivity index (χ0v) is 20.4. The van der Waals surface area contributed by atoms with Gasteiger partial charge in [0, 0.05) is 34.7 Å². The van der Waals surface area contributed by atoms with Gasteiger partial charge in [0.15, 0.2) is 0 Å². The average molecular weight is 513 g/mol. The fourth-order valence-electron chi connectivity index (χ4n) is 3.22. The number of carboxylic acids is 1. The van der Waals surface area contributed by atoms with Gasteiger partial charge in [-0.25, -0.2) is 4.79 Å². The molecule has 1 amide bonds. The van der Waals surface area contributed by atoms with Gasteiger partial charge in [0.2, 0.25) is 5.91 Å². The number of hydrogen-bond donors (Lipinski definition) is 2. The molecule has 0 spiro atoms. The molecule has 170 valence electrons. The van der Waals surface area contributed by atoms with Crippen LogP contribution in [0.3, 0.4) is 0 Å². The summed E-state index contributed by atoms with van der Waals surface area (Å²) >= 11 is 19.3. The van der Waals surface area contributed by atoms with E-state index in [1.54, 1.807) is 59.1 Å². The second-order valence-electron chi connectivity index (χ2n) is 7.24. The summed E-state index contributed by atoms with van der Waals surface area (Å²) in [4.78, 5) is 25.6. The van der Waals surface area contributed by atoms with E-state index >= 15 is 0 Å². The molecule has 0 radical (unpaired) electrons. The van der Waals surface area contributed by atoms with Gasteiger partial charge in [0.05, 0.1) is 16.9 Å². The maximum absolute atomic E-state index is 11.8. The van der Waals surface area contributed by atoms with E-state index < -0.39 is 12.0 Å². The van der Waals surface area contributed by atoms with Gasteiger partial charge in [-0.2, -0.15) is 0 Å². The summed E-state index contributed by atoms with van der Waals surface area (Å²) in [6.45, 7) is 1.71. The number of amides is 1. The molecule has 2 aromatic carbocycles. The number of carbonyl (C=O) groups is 2. The normalized spacial score (nSPS) is 16.5. The molecule has 1 aliphatic heterocycles. The smallest absolute Gasteiger partial charge is 0.326 e. The number of thiocarbonyl (C=S) groups is 1. The van der Waals surface area contributed by atoms with Crippen molar-refractivity contribution in [3.05, 3.63) is 63.6 Å². The summed E-state index contributed by atoms with van der Waals surface area (Å²) in [5, 5.41) is 13.7. The third-order valence-electron chi connectivity index (χ3n) is 5.01. The molecule has 0 bridgehead atoms. The van der Waals surface area contributed by atoms with Crippen LogP contribution in [0.2, 0.25) is 10.0 Å². The highest BCUT2D eigenvalue weighted by Gasteiger charge is 2.32. The summed E-state index contributed by atoms with van der Waals surface area (Å²) in [5.41, 5.74) is 1.51. The lowest BCUT2D eigenvalue weighted by Crippen LogP contribution is -2.51. The van der Waals surface area contributed by atoms with E-state index in [4.69, 9.17) is 40.2 Å². The van der Waals surface area contributed by atoms with Crippen LogP contribution < -0.4 is 10.1 Å². The Morgan fingerprint density at radius 2 is 1.91 bits per heavy atom. The van der Waals surface area contributed by atoms with Crippen molar-refractivity contribution in [3.8, 4) is 5.75 Å². The van der Waals surface area contributed by atoms with E-state index in [2.05, 4.69) is 5.32 Å². The number of aliphatic carboxylic acids is 1. The predicted molar refractivity (Wildman–Crippen MR) is 132 cm³/mol. The Morgan fingerprint density at radius 3 is 2.50 bits per heavy atom. The first-order valence-corrected chi connectivity index (χ1v) is 12.1. The van der Waals surface area contributed by atoms with Crippen LogP contribution in [-0.2, 0) is 22.6 Å². The van der Waals surface area contributed by atoms with Crippen molar-refractivity contribution in [1.29, 1.82) is 0 Å². The van der Waals surface area contributed by atoms with Crippen LogP contribution in [0.25, 0.3) is 0 Å². The number of thioether (sulfide) groups is 1. The molecule has 0 aliphatic carbocycles. The molecule has 1 heterocycles. The minimum absolute atomic E-state index is 0.0790. The topological polar surface area (TPSA) is 78.9 Å². The van der Waals surface area contributed by atoms with E-state index in [1.165, 1.54) is 6.92 Å². The minimum Gasteiger partial charge on any atom is -0.489 e. The van der Waals surface area contributed by atoms with Crippen molar-refractivity contribution in [3.63, 3.8) is 0 Å². The maximum Gasteiger partial charge on any atom is 0.326 e. The van der Waals surface area contributed by atoms with Crippen molar-refractivity contribution >= 4 is 64.0 Å². The minimum atomic E-state index is -1.01. The van der Waals surface area contributed by atoms with E-state index in [9.17, 15) is 14.7 Å². The van der Waals surface area contributed by atoms with Crippen molar-refractivity contribution < 1.29 is 19.4 Å². The summed E-state index contributed by atoms with van der Waals surface area (Å²) in [6, 6.07) is 11.2. The largest absolute Gasteiger partial charge is 0.489 e. The Labute approximate surface area is 206 Å². The van der Waals surface area contributed by atoms with Crippen LogP contribution in [0.15, 0.2) is 42.5 Å². The fourth-order valence-corrected chi connectivity index (χ4v) is 5.42. The fraction of sp³-hybridized carbons (Fsp3) is 0.318. The molecule has 1 aliphatic rings. The number of nitrogens with zero attached hydrogens (tertiary/aromatic N) is 1. The van der Waals surface area contributed by atoms with Crippen LogP contribution in [-0.4, -0.2) is 50.6 Å². The number of ether oxygens (including phenoxy) is 1. The number of carbonyl (C=O) groups excluding carboxylic acids is 1. The summed E-state index contributed by atoms with van der Waals surface area (Å²) in [7, 11) is 0. The zero-order valence-electron chi connectivity index (χ0n) is 17.2. The summed E-state index contributed by atoms with van der Waals surface area (Å²) < 4.78 is 5.77. The lowest BCUT2D eigenvalue weighted by Gasteiger charge is -2.26. The van der Waals surface area contributed by atoms with E-state index in [0.717, 1.165) is 5.56 Å². The zero-order chi connectivity index (χ0) is 23.3. The summed E-state index contributed by atoms with van der Waals surface area (Å²) in [6.07, 6.45) is 0.228. The second kappa shape index (κ2) is 11.2. The number of benzene rings is 2. The molecule has 0 saturated carbocycles. The van der Waals surface area contributed by atoms with E-state index in [-0.39, 0.29) is 25.0 Å². The monoisotopic (exact) mass is 512 g/mol. The standard InChI is InChI=1S/C22H22Cl2N2O4S2/c1-13(27)26-12-32-11-20(26)21(31)25-19(22(28)29)9-14-5-7-15(8-6-14)30-10-16-17(23)3-2-4-18(16)24/h2-8,19-20H,9-12H2,1H3,(H,25,31)(H,28,29)/t19-,20+/m1/s1. The first kappa shape index (κ1) is 24.6. The molecular weight excluding hydrogens is 491 g/mol. The quantitative estimate of drug-likeness (QED) is 0.507. The van der Waals surface area contributed by atoms with Gasteiger partial charge in [-0.1, -0.05) is 53.6 Å². The van der Waals surface area contributed by atoms with Gasteiger partial charge in [-0.15, -0.1) is 11.8 Å². The Bertz CT molecular complexity index is 984. The van der Waals surface area contributed by atoms with E-state index in [1.807, 2.05) is 0 Å². The predicted octanol–water partition coefficient (Wildman–Crippen LogP) is 4.41. The third kappa shape index (κ3) is 6.28. The molecule has 10 heteroatoms. The summed E-state index contributed by atoms with van der Waals surface area (Å²) in [5.74, 6) is 0.727. The van der Waals surface area contributed by atoms with Crippen LogP contribution >= 0.6 is 47.2 Å². The molecule has 1 fully saturated rings. The first-order valence-electron chi connectivity index (χ1n) is 9.79. The first-order chi connectivity index (χ1) is 15.3. The number of halogens is 2. The molecule has 2 aromatic rings. The molecule has 2 N–H and O–H groups in total. The van der Waals surface area contributed by atoms with Gasteiger partial charge in [-0.3, -0.25) is 4.79 Å². The van der Waals surface area contributed by atoms with Crippen LogP contribution in [0.4, 0.5) is 0 Å². The van der Waals surface area contributed by atoms with Crippen LogP contribution in [0.5, 0.6) is 5.75 Å². The van der Waals surface area contributed by atoms with Gasteiger partial charge >= 0.3 is 5.97 Å². The third-order valence-corrected chi connectivity index (χ3v) is 7.12. The highest BCUT2D eigenvalue weighted by atomic mass is 35.5. The van der Waals surface area contributed by atoms with Crippen molar-refractivity contribution in [1.82, 2.24) is 10.2 Å². The Kier molecular flexibility index (Phi) is 8.64. The van der Waals surface area contributed by atoms with Crippen molar-refractivity contribution in [2.45, 2.75) is 32.0 Å². The van der Waals surface area contributed by atoms with Crippen LogP contribution in [0, 0.1) is 0 Å². The number of carboxylic acid groups (broad SMARTS) is 1. The van der Waals surface area contributed by atoms with Crippen LogP contribution in [0.1, 0.15) is 18.1 Å². The Hall–Kier alpha value is -2.00. The molecule has 3 rings (SSSR count). The highest BCUT2D eigenvalue weighted by molar-refractivity contribution is 7.99. The Morgan fingerprint density at radius 1 is 1.25 bits per heavy atom. The number of rotatable bonds is 8. The van der Waals surface area contributed by atoms with Crippen molar-refractivity contribution in [2.75, 3.05) is 11.6 Å². The van der Waals surface area contributed by atoms with Gasteiger partial charge in [0.25, 0.3) is 0 Å². The van der Waals surface area contributed by atoms with Gasteiger partial charge in [-0.05, 0) is 29.8 Å². The molecule has 1 saturated heterocycles. The van der Waals surface area contributed by atoms with Crippen molar-refractivity contribution in [2.24, 2.45) is 0 Å². The SMILES string of the molecule is CC(=O)N1CSC[C@H]1C(=S)N[C@H](Cc1ccc(OCc2c(Cl)cccc2Cl)cc1)C(=O)O. The lowest BCUT2D eigenvalue weighted by molar-refractivity contribution is -0.139. The average Bonchev–Trinajstić information content (AvgIpc) is 3.24. The number of nitrogens with one attached hydrogen (secondary N) is 1. The van der Waals surface area contributed by atoms with E-state index in [0.29, 0.717) is 38.0 Å².